The summed E-state index contributed by atoms with van der Waals surface area (Å²) in [7, 11) is 3.30. The number of aromatic nitrogens is 2. The molecule has 0 unspecified atom stereocenters. The fourth-order valence-corrected chi connectivity index (χ4v) is 1.50. The van der Waals surface area contributed by atoms with Crippen molar-refractivity contribution in [3.8, 4) is 5.88 Å². The fraction of sp³-hybridized carbons (Fsp3) is 0.615. The Bertz CT molecular complexity index is 410. The zero-order valence-corrected chi connectivity index (χ0v) is 11.9. The quantitative estimate of drug-likeness (QED) is 0.700. The second-order valence-electron chi connectivity index (χ2n) is 4.48. The normalized spacial score (nSPS) is 10.4. The third-order valence-corrected chi connectivity index (χ3v) is 2.45. The highest BCUT2D eigenvalue weighted by Gasteiger charge is 2.07. The summed E-state index contributed by atoms with van der Waals surface area (Å²) in [6, 6.07) is 0. The van der Waals surface area contributed by atoms with Gasteiger partial charge in [-0.05, 0) is 20.3 Å². The molecule has 0 aliphatic rings. The minimum atomic E-state index is -0.198. The average Bonchev–Trinajstić information content (AvgIpc) is 2.37. The number of nitrogens with zero attached hydrogens (tertiary/aromatic N) is 3. The van der Waals surface area contributed by atoms with Crippen LogP contribution in [-0.2, 0) is 9.53 Å². The molecular formula is C13H21N3O3. The van der Waals surface area contributed by atoms with Crippen molar-refractivity contribution in [3.63, 3.8) is 0 Å². The number of carbonyl (C=O) groups is 1. The Kier molecular flexibility index (Phi) is 6.05. The summed E-state index contributed by atoms with van der Waals surface area (Å²) in [6.07, 6.45) is 4.43. The standard InChI is InChI=1S/C13H21N3O3/c1-10(2)19-12-9-14-8-11(15-12)16(3)7-5-6-13(17)18-4/h8-10H,5-7H2,1-4H3. The largest absolute Gasteiger partial charge is 0.474 e. The van der Waals surface area contributed by atoms with Gasteiger partial charge >= 0.3 is 5.97 Å². The van der Waals surface area contributed by atoms with Gasteiger partial charge in [0.25, 0.3) is 0 Å². The Balaban J connectivity index is 2.51. The number of carbonyl (C=O) groups excluding carboxylic acids is 1. The van der Waals surface area contributed by atoms with E-state index in [1.54, 1.807) is 12.4 Å². The molecular weight excluding hydrogens is 246 g/mol. The van der Waals surface area contributed by atoms with E-state index in [0.29, 0.717) is 25.3 Å². The van der Waals surface area contributed by atoms with Crippen molar-refractivity contribution in [2.75, 3.05) is 25.6 Å². The van der Waals surface area contributed by atoms with Gasteiger partial charge < -0.3 is 14.4 Å². The molecule has 0 aliphatic carbocycles. The highest BCUT2D eigenvalue weighted by atomic mass is 16.5. The maximum Gasteiger partial charge on any atom is 0.305 e. The summed E-state index contributed by atoms with van der Waals surface area (Å²) in [5.74, 6) is 1.03. The van der Waals surface area contributed by atoms with Gasteiger partial charge in [0, 0.05) is 20.0 Å². The minimum Gasteiger partial charge on any atom is -0.474 e. The van der Waals surface area contributed by atoms with Crippen molar-refractivity contribution in [1.29, 1.82) is 0 Å². The molecule has 1 aromatic heterocycles. The van der Waals surface area contributed by atoms with E-state index in [1.807, 2.05) is 25.8 Å². The molecule has 19 heavy (non-hydrogen) atoms. The first-order chi connectivity index (χ1) is 9.02. The molecule has 0 fully saturated rings. The van der Waals surface area contributed by atoms with Crippen LogP contribution in [0.2, 0.25) is 0 Å². The molecule has 0 aromatic carbocycles. The predicted molar refractivity (Wildman–Crippen MR) is 72.3 cm³/mol. The van der Waals surface area contributed by atoms with Crippen molar-refractivity contribution in [2.24, 2.45) is 0 Å². The first-order valence-corrected chi connectivity index (χ1v) is 6.29. The lowest BCUT2D eigenvalue weighted by atomic mass is 10.3. The Morgan fingerprint density at radius 3 is 2.79 bits per heavy atom. The van der Waals surface area contributed by atoms with E-state index in [1.165, 1.54) is 7.11 Å². The highest BCUT2D eigenvalue weighted by molar-refractivity contribution is 5.69. The Hall–Kier alpha value is -1.85. The summed E-state index contributed by atoms with van der Waals surface area (Å²) in [4.78, 5) is 21.4. The minimum absolute atomic E-state index is 0.0641. The topological polar surface area (TPSA) is 64.5 Å². The van der Waals surface area contributed by atoms with E-state index in [9.17, 15) is 4.79 Å². The molecule has 0 spiro atoms. The van der Waals surface area contributed by atoms with Crippen LogP contribution < -0.4 is 9.64 Å². The summed E-state index contributed by atoms with van der Waals surface area (Å²) in [6.45, 7) is 4.58. The number of esters is 1. The van der Waals surface area contributed by atoms with Gasteiger partial charge in [-0.2, -0.15) is 4.98 Å². The molecule has 0 saturated carbocycles. The molecule has 0 radical (unpaired) electrons. The van der Waals surface area contributed by atoms with Crippen molar-refractivity contribution < 1.29 is 14.3 Å². The van der Waals surface area contributed by atoms with Gasteiger partial charge in [-0.3, -0.25) is 9.78 Å². The third kappa shape index (κ3) is 5.54. The Morgan fingerprint density at radius 2 is 2.16 bits per heavy atom. The van der Waals surface area contributed by atoms with Crippen LogP contribution in [0, 0.1) is 0 Å². The van der Waals surface area contributed by atoms with Crippen LogP contribution in [0.3, 0.4) is 0 Å². The molecule has 0 amide bonds. The number of hydrogen-bond donors (Lipinski definition) is 0. The highest BCUT2D eigenvalue weighted by Crippen LogP contribution is 2.14. The van der Waals surface area contributed by atoms with Crippen molar-refractivity contribution in [3.05, 3.63) is 12.4 Å². The molecule has 6 heteroatoms. The van der Waals surface area contributed by atoms with Crippen LogP contribution in [0.1, 0.15) is 26.7 Å². The van der Waals surface area contributed by atoms with Crippen LogP contribution in [0.5, 0.6) is 5.88 Å². The van der Waals surface area contributed by atoms with E-state index in [-0.39, 0.29) is 12.1 Å². The van der Waals surface area contributed by atoms with E-state index < -0.39 is 0 Å². The average molecular weight is 267 g/mol. The lowest BCUT2D eigenvalue weighted by Gasteiger charge is -2.18. The fourth-order valence-electron chi connectivity index (χ4n) is 1.50. The summed E-state index contributed by atoms with van der Waals surface area (Å²) >= 11 is 0. The van der Waals surface area contributed by atoms with Gasteiger partial charge in [-0.25, -0.2) is 0 Å². The molecule has 0 N–H and O–H groups in total. The maximum absolute atomic E-state index is 11.0. The Morgan fingerprint density at radius 1 is 1.42 bits per heavy atom. The predicted octanol–water partition coefficient (Wildman–Crippen LogP) is 1.65. The molecule has 6 nitrogen and oxygen atoms in total. The third-order valence-electron chi connectivity index (χ3n) is 2.45. The lowest BCUT2D eigenvalue weighted by Crippen LogP contribution is -2.21. The van der Waals surface area contributed by atoms with Crippen LogP contribution in [0.4, 0.5) is 5.82 Å². The van der Waals surface area contributed by atoms with Gasteiger partial charge in [0.1, 0.15) is 0 Å². The van der Waals surface area contributed by atoms with E-state index in [2.05, 4.69) is 14.7 Å². The number of hydrogen-bond acceptors (Lipinski definition) is 6. The van der Waals surface area contributed by atoms with Gasteiger partial charge in [0.05, 0.1) is 25.6 Å². The van der Waals surface area contributed by atoms with E-state index in [0.717, 1.165) is 5.82 Å². The molecule has 1 aromatic rings. The van der Waals surface area contributed by atoms with Gasteiger partial charge in [-0.1, -0.05) is 0 Å². The molecule has 1 heterocycles. The molecule has 106 valence electrons. The lowest BCUT2D eigenvalue weighted by molar-refractivity contribution is -0.140. The second kappa shape index (κ2) is 7.56. The number of ether oxygens (including phenoxy) is 2. The molecule has 0 aliphatic heterocycles. The molecule has 0 atom stereocenters. The van der Waals surface area contributed by atoms with Crippen molar-refractivity contribution in [1.82, 2.24) is 9.97 Å². The first-order valence-electron chi connectivity index (χ1n) is 6.29. The second-order valence-corrected chi connectivity index (χ2v) is 4.48. The van der Waals surface area contributed by atoms with Crippen LogP contribution >= 0.6 is 0 Å². The molecule has 0 bridgehead atoms. The van der Waals surface area contributed by atoms with Gasteiger partial charge in [0.2, 0.25) is 5.88 Å². The summed E-state index contributed by atoms with van der Waals surface area (Å²) in [5, 5.41) is 0. The van der Waals surface area contributed by atoms with Crippen LogP contribution in [0.15, 0.2) is 12.4 Å². The number of rotatable bonds is 7. The van der Waals surface area contributed by atoms with E-state index >= 15 is 0 Å². The van der Waals surface area contributed by atoms with Gasteiger partial charge in [-0.15, -0.1) is 0 Å². The summed E-state index contributed by atoms with van der Waals surface area (Å²) < 4.78 is 10.1. The number of methoxy groups -OCH3 is 1. The number of anilines is 1. The SMILES string of the molecule is COC(=O)CCCN(C)c1cncc(OC(C)C)n1. The van der Waals surface area contributed by atoms with Crippen molar-refractivity contribution in [2.45, 2.75) is 32.8 Å². The Labute approximate surface area is 113 Å². The van der Waals surface area contributed by atoms with E-state index in [4.69, 9.17) is 4.74 Å². The first kappa shape index (κ1) is 15.2. The van der Waals surface area contributed by atoms with Crippen molar-refractivity contribution >= 4 is 11.8 Å². The van der Waals surface area contributed by atoms with Gasteiger partial charge in [0.15, 0.2) is 5.82 Å². The maximum atomic E-state index is 11.0. The zero-order valence-electron chi connectivity index (χ0n) is 11.9. The smallest absolute Gasteiger partial charge is 0.305 e. The molecule has 1 rings (SSSR count). The monoisotopic (exact) mass is 267 g/mol. The molecule has 0 saturated heterocycles. The van der Waals surface area contributed by atoms with Crippen LogP contribution in [0.25, 0.3) is 0 Å². The zero-order chi connectivity index (χ0) is 14.3. The summed E-state index contributed by atoms with van der Waals surface area (Å²) in [5.41, 5.74) is 0. The van der Waals surface area contributed by atoms with Crippen LogP contribution in [-0.4, -0.2) is 42.7 Å².